The fraction of sp³-hybridized carbons (Fsp3) is 0.462. The van der Waals surface area contributed by atoms with E-state index in [0.717, 1.165) is 31.2 Å². The molecule has 2 aromatic rings. The van der Waals surface area contributed by atoms with Gasteiger partial charge >= 0.3 is 5.97 Å². The SMILES string of the molecule is COc1ccc(C(=O)OCC(=O)NC(C)c2ccc3c(c2)CCCC3)cc1S(=O)(=O)N1CCCC1. The molecule has 0 aromatic heterocycles. The molecular weight excluding hydrogens is 468 g/mol. The summed E-state index contributed by atoms with van der Waals surface area (Å²) in [6, 6.07) is 10.2. The van der Waals surface area contributed by atoms with Crippen molar-refractivity contribution in [2.24, 2.45) is 0 Å². The second kappa shape index (κ2) is 10.8. The molecule has 1 unspecified atom stereocenters. The van der Waals surface area contributed by atoms with Crippen molar-refractivity contribution in [2.75, 3.05) is 26.8 Å². The third kappa shape index (κ3) is 5.67. The summed E-state index contributed by atoms with van der Waals surface area (Å²) in [6.45, 7) is 2.29. The number of hydrogen-bond donors (Lipinski definition) is 1. The summed E-state index contributed by atoms with van der Waals surface area (Å²) in [5.74, 6) is -1.05. The first-order chi connectivity index (χ1) is 16.8. The number of amides is 1. The van der Waals surface area contributed by atoms with E-state index in [1.165, 1.54) is 53.6 Å². The zero-order valence-electron chi connectivity index (χ0n) is 20.2. The molecule has 1 heterocycles. The average molecular weight is 501 g/mol. The molecule has 188 valence electrons. The van der Waals surface area contributed by atoms with Gasteiger partial charge in [-0.15, -0.1) is 0 Å². The van der Waals surface area contributed by atoms with Crippen molar-refractivity contribution in [2.45, 2.75) is 56.4 Å². The number of ether oxygens (including phenoxy) is 2. The minimum absolute atomic E-state index is 0.0408. The van der Waals surface area contributed by atoms with E-state index in [1.807, 2.05) is 13.0 Å². The number of sulfonamides is 1. The van der Waals surface area contributed by atoms with E-state index in [4.69, 9.17) is 9.47 Å². The van der Waals surface area contributed by atoms with Crippen LogP contribution in [-0.2, 0) is 32.4 Å². The molecule has 1 fully saturated rings. The Bertz CT molecular complexity index is 1200. The number of hydrogen-bond acceptors (Lipinski definition) is 6. The minimum atomic E-state index is -3.80. The Labute approximate surface area is 206 Å². The van der Waals surface area contributed by atoms with Gasteiger partial charge in [-0.25, -0.2) is 13.2 Å². The van der Waals surface area contributed by atoms with Crippen LogP contribution in [0.3, 0.4) is 0 Å². The molecular formula is C26H32N2O6S. The van der Waals surface area contributed by atoms with E-state index in [9.17, 15) is 18.0 Å². The van der Waals surface area contributed by atoms with Crippen molar-refractivity contribution in [3.8, 4) is 5.75 Å². The van der Waals surface area contributed by atoms with E-state index < -0.39 is 28.5 Å². The lowest BCUT2D eigenvalue weighted by atomic mass is 9.89. The molecule has 0 radical (unpaired) electrons. The van der Waals surface area contributed by atoms with Crippen LogP contribution < -0.4 is 10.1 Å². The number of carbonyl (C=O) groups is 2. The Morgan fingerprint density at radius 1 is 1.00 bits per heavy atom. The van der Waals surface area contributed by atoms with Gasteiger partial charge in [-0.2, -0.15) is 4.31 Å². The maximum absolute atomic E-state index is 13.0. The van der Waals surface area contributed by atoms with E-state index in [2.05, 4.69) is 17.4 Å². The second-order valence-electron chi connectivity index (χ2n) is 9.08. The third-order valence-corrected chi connectivity index (χ3v) is 8.59. The van der Waals surface area contributed by atoms with Crippen LogP contribution in [0.2, 0.25) is 0 Å². The summed E-state index contributed by atoms with van der Waals surface area (Å²) in [7, 11) is -2.42. The molecule has 1 N–H and O–H groups in total. The van der Waals surface area contributed by atoms with Gasteiger partial charge in [0.25, 0.3) is 5.91 Å². The van der Waals surface area contributed by atoms with Crippen LogP contribution in [0.4, 0.5) is 0 Å². The lowest BCUT2D eigenvalue weighted by Gasteiger charge is -2.20. The second-order valence-corrected chi connectivity index (χ2v) is 11.0. The van der Waals surface area contributed by atoms with E-state index in [-0.39, 0.29) is 22.3 Å². The fourth-order valence-electron chi connectivity index (χ4n) is 4.68. The highest BCUT2D eigenvalue weighted by atomic mass is 32.2. The average Bonchev–Trinajstić information content (AvgIpc) is 3.42. The molecule has 8 nitrogen and oxygen atoms in total. The number of benzene rings is 2. The van der Waals surface area contributed by atoms with Crippen LogP contribution >= 0.6 is 0 Å². The van der Waals surface area contributed by atoms with Gasteiger partial charge in [-0.3, -0.25) is 4.79 Å². The Hall–Kier alpha value is -2.91. The Morgan fingerprint density at radius 2 is 1.71 bits per heavy atom. The van der Waals surface area contributed by atoms with Crippen LogP contribution in [0.15, 0.2) is 41.3 Å². The molecule has 1 amide bonds. The number of aryl methyl sites for hydroxylation is 2. The van der Waals surface area contributed by atoms with Crippen LogP contribution in [0, 0.1) is 0 Å². The summed E-state index contributed by atoms with van der Waals surface area (Å²) in [4.78, 5) is 25.0. The van der Waals surface area contributed by atoms with Crippen LogP contribution in [0.25, 0.3) is 0 Å². The van der Waals surface area contributed by atoms with Gasteiger partial charge in [0.1, 0.15) is 10.6 Å². The number of esters is 1. The first kappa shape index (κ1) is 25.2. The summed E-state index contributed by atoms with van der Waals surface area (Å²) in [5.41, 5.74) is 3.76. The molecule has 1 atom stereocenters. The van der Waals surface area contributed by atoms with E-state index >= 15 is 0 Å². The van der Waals surface area contributed by atoms with Crippen molar-refractivity contribution < 1.29 is 27.5 Å². The van der Waals surface area contributed by atoms with Gasteiger partial charge in [0, 0.05) is 13.1 Å². The number of nitrogens with zero attached hydrogens (tertiary/aromatic N) is 1. The van der Waals surface area contributed by atoms with Gasteiger partial charge in [0.2, 0.25) is 10.0 Å². The van der Waals surface area contributed by atoms with E-state index in [1.54, 1.807) is 0 Å². The standard InChI is InChI=1S/C26H32N2O6S/c1-18(20-10-9-19-7-3-4-8-21(19)15-20)27-25(29)17-34-26(30)22-11-12-23(33-2)24(16-22)35(31,32)28-13-5-6-14-28/h9-12,15-16,18H,3-8,13-14,17H2,1-2H3,(H,27,29). The largest absolute Gasteiger partial charge is 0.495 e. The lowest BCUT2D eigenvalue weighted by Crippen LogP contribution is -2.31. The molecule has 35 heavy (non-hydrogen) atoms. The molecule has 4 rings (SSSR count). The summed E-state index contributed by atoms with van der Waals surface area (Å²) in [5, 5.41) is 2.86. The molecule has 1 aliphatic carbocycles. The predicted molar refractivity (Wildman–Crippen MR) is 131 cm³/mol. The molecule has 2 aromatic carbocycles. The van der Waals surface area contributed by atoms with Gasteiger partial charge < -0.3 is 14.8 Å². The molecule has 2 aliphatic rings. The maximum atomic E-state index is 13.0. The Morgan fingerprint density at radius 3 is 2.43 bits per heavy atom. The lowest BCUT2D eigenvalue weighted by molar-refractivity contribution is -0.124. The normalized spacial score (nSPS) is 16.9. The monoisotopic (exact) mass is 500 g/mol. The topological polar surface area (TPSA) is 102 Å². The number of methoxy groups -OCH3 is 1. The van der Waals surface area contributed by atoms with Crippen molar-refractivity contribution >= 4 is 21.9 Å². The number of carbonyl (C=O) groups excluding carboxylic acids is 2. The van der Waals surface area contributed by atoms with Crippen LogP contribution in [-0.4, -0.2) is 51.4 Å². The molecule has 1 saturated heterocycles. The first-order valence-electron chi connectivity index (χ1n) is 12.1. The molecule has 9 heteroatoms. The fourth-order valence-corrected chi connectivity index (χ4v) is 6.38. The smallest absolute Gasteiger partial charge is 0.338 e. The predicted octanol–water partition coefficient (Wildman–Crippen LogP) is 3.39. The highest BCUT2D eigenvalue weighted by Gasteiger charge is 2.31. The van der Waals surface area contributed by atoms with Gasteiger partial charge in [0.05, 0.1) is 18.7 Å². The first-order valence-corrected chi connectivity index (χ1v) is 13.5. The number of fused-ring (bicyclic) bond motifs is 1. The molecule has 0 saturated carbocycles. The summed E-state index contributed by atoms with van der Waals surface area (Å²) < 4.78 is 37.9. The Balaban J connectivity index is 1.38. The van der Waals surface area contributed by atoms with Gasteiger partial charge in [0.15, 0.2) is 6.61 Å². The van der Waals surface area contributed by atoms with Crippen molar-refractivity contribution in [1.29, 1.82) is 0 Å². The maximum Gasteiger partial charge on any atom is 0.338 e. The minimum Gasteiger partial charge on any atom is -0.495 e. The third-order valence-electron chi connectivity index (χ3n) is 6.67. The van der Waals surface area contributed by atoms with Crippen molar-refractivity contribution in [3.63, 3.8) is 0 Å². The zero-order valence-corrected chi connectivity index (χ0v) is 21.0. The van der Waals surface area contributed by atoms with Crippen molar-refractivity contribution in [3.05, 3.63) is 58.7 Å². The number of rotatable bonds is 8. The van der Waals surface area contributed by atoms with E-state index in [0.29, 0.717) is 13.1 Å². The summed E-state index contributed by atoms with van der Waals surface area (Å²) in [6.07, 6.45) is 6.13. The molecule has 0 spiro atoms. The summed E-state index contributed by atoms with van der Waals surface area (Å²) >= 11 is 0. The molecule has 0 bridgehead atoms. The highest BCUT2D eigenvalue weighted by molar-refractivity contribution is 7.89. The van der Waals surface area contributed by atoms with Gasteiger partial charge in [-0.1, -0.05) is 18.2 Å². The van der Waals surface area contributed by atoms with Crippen LogP contribution in [0.5, 0.6) is 5.75 Å². The quantitative estimate of drug-likeness (QED) is 0.558. The van der Waals surface area contributed by atoms with Crippen molar-refractivity contribution in [1.82, 2.24) is 9.62 Å². The number of nitrogens with one attached hydrogen (secondary N) is 1. The molecule has 1 aliphatic heterocycles. The van der Waals surface area contributed by atoms with Crippen LogP contribution in [0.1, 0.15) is 65.7 Å². The van der Waals surface area contributed by atoms with Gasteiger partial charge in [-0.05, 0) is 80.3 Å². The Kier molecular flexibility index (Phi) is 7.76. The highest BCUT2D eigenvalue weighted by Crippen LogP contribution is 2.30. The zero-order chi connectivity index (χ0) is 25.0.